The minimum Gasteiger partial charge on any atom is -0.492 e. The first-order valence-corrected chi connectivity index (χ1v) is 7.11. The van der Waals surface area contributed by atoms with Gasteiger partial charge in [-0.05, 0) is 31.5 Å². The zero-order valence-corrected chi connectivity index (χ0v) is 10.9. The van der Waals surface area contributed by atoms with E-state index in [9.17, 15) is 8.42 Å². The number of hydrogen-bond acceptors (Lipinski definition) is 4. The van der Waals surface area contributed by atoms with Gasteiger partial charge in [0, 0.05) is 6.54 Å². The molecule has 0 saturated heterocycles. The fourth-order valence-corrected chi connectivity index (χ4v) is 1.77. The highest BCUT2D eigenvalue weighted by Gasteiger charge is 2.05. The standard InChI is InChI=1S/C11H18N2O3S/c1-3-16-11-8-9(2)4-5-10(11)13-6-7-17(12,14)15/h4-5,8,13H,3,6-7H2,1-2H3,(H2,12,14,15). The van der Waals surface area contributed by atoms with E-state index >= 15 is 0 Å². The van der Waals surface area contributed by atoms with Gasteiger partial charge < -0.3 is 10.1 Å². The summed E-state index contributed by atoms with van der Waals surface area (Å²) < 4.78 is 27.0. The Labute approximate surface area is 102 Å². The molecule has 0 amide bonds. The fraction of sp³-hybridized carbons (Fsp3) is 0.455. The van der Waals surface area contributed by atoms with Crippen LogP contribution in [0.4, 0.5) is 5.69 Å². The van der Waals surface area contributed by atoms with Crippen molar-refractivity contribution in [2.45, 2.75) is 13.8 Å². The Hall–Kier alpha value is -1.27. The molecule has 0 aliphatic heterocycles. The molecule has 0 saturated carbocycles. The van der Waals surface area contributed by atoms with Crippen LogP contribution in [0.5, 0.6) is 5.75 Å². The summed E-state index contributed by atoms with van der Waals surface area (Å²) in [6.07, 6.45) is 0. The molecule has 3 N–H and O–H groups in total. The molecule has 17 heavy (non-hydrogen) atoms. The van der Waals surface area contributed by atoms with Gasteiger partial charge in [-0.15, -0.1) is 0 Å². The van der Waals surface area contributed by atoms with E-state index in [2.05, 4.69) is 5.32 Å². The number of sulfonamides is 1. The van der Waals surface area contributed by atoms with Crippen LogP contribution in [-0.4, -0.2) is 27.3 Å². The first-order valence-electron chi connectivity index (χ1n) is 5.40. The molecule has 0 spiro atoms. The Morgan fingerprint density at radius 1 is 1.41 bits per heavy atom. The smallest absolute Gasteiger partial charge is 0.210 e. The lowest BCUT2D eigenvalue weighted by Crippen LogP contribution is -2.22. The molecule has 0 fully saturated rings. The van der Waals surface area contributed by atoms with E-state index < -0.39 is 10.0 Å². The molecule has 0 aliphatic carbocycles. The number of primary sulfonamides is 1. The summed E-state index contributed by atoms with van der Waals surface area (Å²) in [7, 11) is -3.43. The van der Waals surface area contributed by atoms with Gasteiger partial charge in [-0.25, -0.2) is 13.6 Å². The average Bonchev–Trinajstić information content (AvgIpc) is 2.20. The van der Waals surface area contributed by atoms with Crippen LogP contribution in [0, 0.1) is 6.92 Å². The lowest BCUT2D eigenvalue weighted by Gasteiger charge is -2.12. The van der Waals surface area contributed by atoms with E-state index in [0.717, 1.165) is 17.0 Å². The Morgan fingerprint density at radius 3 is 2.71 bits per heavy atom. The lowest BCUT2D eigenvalue weighted by molar-refractivity contribution is 0.341. The second-order valence-electron chi connectivity index (χ2n) is 3.73. The highest BCUT2D eigenvalue weighted by Crippen LogP contribution is 2.25. The first-order chi connectivity index (χ1) is 7.92. The Morgan fingerprint density at radius 2 is 2.12 bits per heavy atom. The maximum atomic E-state index is 10.8. The number of hydrogen-bond donors (Lipinski definition) is 2. The number of anilines is 1. The normalized spacial score (nSPS) is 11.2. The van der Waals surface area contributed by atoms with Crippen molar-refractivity contribution >= 4 is 15.7 Å². The molecule has 0 bridgehead atoms. The lowest BCUT2D eigenvalue weighted by atomic mass is 10.2. The van der Waals surface area contributed by atoms with E-state index in [-0.39, 0.29) is 12.3 Å². The fourth-order valence-electron chi connectivity index (χ4n) is 1.38. The predicted octanol–water partition coefficient (Wildman–Crippen LogP) is 1.09. The van der Waals surface area contributed by atoms with Crippen LogP contribution in [0.1, 0.15) is 12.5 Å². The minimum atomic E-state index is -3.43. The maximum absolute atomic E-state index is 10.8. The molecule has 0 aromatic heterocycles. The van der Waals surface area contributed by atoms with Gasteiger partial charge in [-0.1, -0.05) is 6.07 Å². The molecular formula is C11H18N2O3S. The van der Waals surface area contributed by atoms with Crippen molar-refractivity contribution in [2.75, 3.05) is 24.2 Å². The molecule has 0 radical (unpaired) electrons. The molecule has 0 atom stereocenters. The summed E-state index contributed by atoms with van der Waals surface area (Å²) in [4.78, 5) is 0. The van der Waals surface area contributed by atoms with Crippen molar-refractivity contribution in [1.82, 2.24) is 0 Å². The monoisotopic (exact) mass is 258 g/mol. The van der Waals surface area contributed by atoms with Crippen molar-refractivity contribution in [3.63, 3.8) is 0 Å². The molecule has 1 rings (SSSR count). The highest BCUT2D eigenvalue weighted by atomic mass is 32.2. The van der Waals surface area contributed by atoms with Crippen molar-refractivity contribution in [3.05, 3.63) is 23.8 Å². The van der Waals surface area contributed by atoms with Crippen LogP contribution < -0.4 is 15.2 Å². The van der Waals surface area contributed by atoms with Crippen LogP contribution in [0.3, 0.4) is 0 Å². The van der Waals surface area contributed by atoms with Gasteiger partial charge in [-0.3, -0.25) is 0 Å². The summed E-state index contributed by atoms with van der Waals surface area (Å²) in [5, 5.41) is 7.92. The Bertz CT molecular complexity index is 472. The van der Waals surface area contributed by atoms with Crippen LogP contribution in [0.15, 0.2) is 18.2 Å². The van der Waals surface area contributed by atoms with Crippen LogP contribution in [0.25, 0.3) is 0 Å². The number of aryl methyl sites for hydroxylation is 1. The van der Waals surface area contributed by atoms with Gasteiger partial charge in [0.2, 0.25) is 10.0 Å². The summed E-state index contributed by atoms with van der Waals surface area (Å²) in [5.74, 6) is 0.619. The second-order valence-corrected chi connectivity index (χ2v) is 5.46. The van der Waals surface area contributed by atoms with E-state index in [1.807, 2.05) is 32.0 Å². The van der Waals surface area contributed by atoms with Gasteiger partial charge in [0.05, 0.1) is 18.0 Å². The number of ether oxygens (including phenoxy) is 1. The van der Waals surface area contributed by atoms with Crippen molar-refractivity contribution in [2.24, 2.45) is 5.14 Å². The molecule has 0 unspecified atom stereocenters. The SMILES string of the molecule is CCOc1cc(C)ccc1NCCS(N)(=O)=O. The molecule has 0 heterocycles. The van der Waals surface area contributed by atoms with Crippen LogP contribution in [0.2, 0.25) is 0 Å². The van der Waals surface area contributed by atoms with Gasteiger partial charge >= 0.3 is 0 Å². The number of rotatable bonds is 6. The molecule has 0 aliphatic rings. The number of nitrogens with one attached hydrogen (secondary N) is 1. The second kappa shape index (κ2) is 5.88. The van der Waals surface area contributed by atoms with E-state index in [1.54, 1.807) is 0 Å². The van der Waals surface area contributed by atoms with Gasteiger partial charge in [0.25, 0.3) is 0 Å². The summed E-state index contributed by atoms with van der Waals surface area (Å²) in [5.41, 5.74) is 1.87. The Kier molecular flexibility index (Phi) is 4.77. The number of nitrogens with two attached hydrogens (primary N) is 1. The zero-order valence-electron chi connectivity index (χ0n) is 10.1. The first kappa shape index (κ1) is 13.8. The van der Waals surface area contributed by atoms with E-state index in [0.29, 0.717) is 6.61 Å². The van der Waals surface area contributed by atoms with Crippen molar-refractivity contribution in [3.8, 4) is 5.75 Å². The largest absolute Gasteiger partial charge is 0.492 e. The van der Waals surface area contributed by atoms with Gasteiger partial charge in [-0.2, -0.15) is 0 Å². The van der Waals surface area contributed by atoms with Crippen LogP contribution in [-0.2, 0) is 10.0 Å². The Balaban J connectivity index is 2.69. The third-order valence-corrected chi connectivity index (χ3v) is 2.91. The molecule has 96 valence electrons. The number of benzene rings is 1. The topological polar surface area (TPSA) is 81.4 Å². The highest BCUT2D eigenvalue weighted by molar-refractivity contribution is 7.89. The van der Waals surface area contributed by atoms with Crippen LogP contribution >= 0.6 is 0 Å². The molecule has 1 aromatic rings. The third kappa shape index (κ3) is 5.06. The minimum absolute atomic E-state index is 0.105. The molecule has 1 aromatic carbocycles. The van der Waals surface area contributed by atoms with E-state index in [1.165, 1.54) is 0 Å². The van der Waals surface area contributed by atoms with Gasteiger partial charge in [0.15, 0.2) is 0 Å². The molecular weight excluding hydrogens is 240 g/mol. The zero-order chi connectivity index (χ0) is 12.9. The summed E-state index contributed by atoms with van der Waals surface area (Å²) >= 11 is 0. The quantitative estimate of drug-likeness (QED) is 0.800. The van der Waals surface area contributed by atoms with Gasteiger partial charge in [0.1, 0.15) is 5.75 Å². The van der Waals surface area contributed by atoms with Crippen molar-refractivity contribution in [1.29, 1.82) is 0 Å². The molecule has 5 nitrogen and oxygen atoms in total. The maximum Gasteiger partial charge on any atom is 0.210 e. The predicted molar refractivity (Wildman–Crippen MR) is 68.8 cm³/mol. The molecule has 6 heteroatoms. The summed E-state index contributed by atoms with van der Waals surface area (Å²) in [6, 6.07) is 5.70. The van der Waals surface area contributed by atoms with Crippen molar-refractivity contribution < 1.29 is 13.2 Å². The third-order valence-electron chi connectivity index (χ3n) is 2.14. The summed E-state index contributed by atoms with van der Waals surface area (Å²) in [6.45, 7) is 4.70. The average molecular weight is 258 g/mol. The van der Waals surface area contributed by atoms with E-state index in [4.69, 9.17) is 9.88 Å².